The van der Waals surface area contributed by atoms with E-state index in [0.717, 1.165) is 29.7 Å². The average molecular weight is 467 g/mol. The molecule has 0 unspecified atom stereocenters. The van der Waals surface area contributed by atoms with Crippen LogP contribution in [-0.4, -0.2) is 37.7 Å². The topological polar surface area (TPSA) is 110 Å². The van der Waals surface area contributed by atoms with Gasteiger partial charge in [0.2, 0.25) is 5.91 Å². The van der Waals surface area contributed by atoms with Gasteiger partial charge in [0.05, 0.1) is 24.2 Å². The normalized spacial score (nSPS) is 13.5. The Morgan fingerprint density at radius 2 is 2.03 bits per heavy atom. The lowest BCUT2D eigenvalue weighted by molar-refractivity contribution is -0.117. The number of amides is 1. The van der Waals surface area contributed by atoms with Crippen LogP contribution in [0.3, 0.4) is 0 Å². The van der Waals surface area contributed by atoms with Crippen LogP contribution in [0.4, 0.5) is 26.0 Å². The van der Waals surface area contributed by atoms with E-state index in [-0.39, 0.29) is 28.8 Å². The van der Waals surface area contributed by atoms with Gasteiger partial charge in [-0.25, -0.2) is 18.7 Å². The van der Waals surface area contributed by atoms with Gasteiger partial charge in [-0.3, -0.25) is 9.48 Å². The molecule has 1 amide bonds. The summed E-state index contributed by atoms with van der Waals surface area (Å²) in [6, 6.07) is 7.14. The number of benzene rings is 1. The molecule has 0 saturated heterocycles. The fraction of sp³-hybridized carbons (Fsp3) is 0.304. The maximum Gasteiger partial charge on any atom is 0.295 e. The number of carbonyl (C=O) groups excluding carboxylic acids is 1. The van der Waals surface area contributed by atoms with Gasteiger partial charge in [-0.05, 0) is 37.5 Å². The number of anilines is 3. The van der Waals surface area contributed by atoms with E-state index in [9.17, 15) is 13.6 Å². The molecule has 5 rings (SSSR count). The second kappa shape index (κ2) is 8.40. The van der Waals surface area contributed by atoms with Gasteiger partial charge in [-0.2, -0.15) is 5.10 Å². The van der Waals surface area contributed by atoms with Crippen molar-refractivity contribution in [1.82, 2.24) is 24.7 Å². The number of ether oxygens (including phenoxy) is 1. The van der Waals surface area contributed by atoms with Crippen molar-refractivity contribution in [2.24, 2.45) is 13.0 Å². The number of H-pyrrole nitrogens is 1. The second-order valence-corrected chi connectivity index (χ2v) is 8.31. The molecule has 0 atom stereocenters. The molecule has 9 nitrogen and oxygen atoms in total. The van der Waals surface area contributed by atoms with Crippen LogP contribution in [0.5, 0.6) is 5.75 Å². The fourth-order valence-electron chi connectivity index (χ4n) is 3.82. The van der Waals surface area contributed by atoms with Gasteiger partial charge >= 0.3 is 0 Å². The number of fused-ring (bicyclic) bond motifs is 1. The lowest BCUT2D eigenvalue weighted by Crippen LogP contribution is -2.14. The quantitative estimate of drug-likeness (QED) is 0.363. The molecule has 3 heterocycles. The van der Waals surface area contributed by atoms with Crippen LogP contribution in [0.25, 0.3) is 22.4 Å². The first-order valence-electron chi connectivity index (χ1n) is 10.8. The van der Waals surface area contributed by atoms with Crippen LogP contribution < -0.4 is 15.4 Å². The first kappa shape index (κ1) is 21.8. The summed E-state index contributed by atoms with van der Waals surface area (Å²) in [7, 11) is 3.40. The van der Waals surface area contributed by atoms with Crippen molar-refractivity contribution in [3.05, 3.63) is 41.9 Å². The SMILES string of the molecule is COc1cc(-c2nn(C)cc2C)ccc1Nc1cc(NC(=O)C2CC2)nc2[nH]c(C(F)F)nc12. The number of carbonyl (C=O) groups is 1. The Morgan fingerprint density at radius 3 is 2.68 bits per heavy atom. The number of aryl methyl sites for hydroxylation is 2. The zero-order chi connectivity index (χ0) is 24.0. The number of nitrogens with zero attached hydrogens (tertiary/aromatic N) is 4. The van der Waals surface area contributed by atoms with Gasteiger partial charge in [-0.1, -0.05) is 6.07 Å². The van der Waals surface area contributed by atoms with Crippen LogP contribution in [0, 0.1) is 12.8 Å². The lowest BCUT2D eigenvalue weighted by atomic mass is 10.1. The molecule has 0 bridgehead atoms. The molecule has 1 aliphatic rings. The van der Waals surface area contributed by atoms with Crippen molar-refractivity contribution in [1.29, 1.82) is 0 Å². The van der Waals surface area contributed by atoms with E-state index in [1.807, 2.05) is 38.4 Å². The lowest BCUT2D eigenvalue weighted by Gasteiger charge is -2.14. The number of imidazole rings is 1. The molecular weight excluding hydrogens is 444 g/mol. The van der Waals surface area contributed by atoms with Crippen molar-refractivity contribution in [3.8, 4) is 17.0 Å². The molecule has 0 aliphatic heterocycles. The zero-order valence-corrected chi connectivity index (χ0v) is 18.8. The molecule has 1 aromatic carbocycles. The van der Waals surface area contributed by atoms with Crippen LogP contribution in [-0.2, 0) is 11.8 Å². The highest BCUT2D eigenvalue weighted by molar-refractivity contribution is 5.97. The highest BCUT2D eigenvalue weighted by Gasteiger charge is 2.30. The van der Waals surface area contributed by atoms with E-state index in [2.05, 4.69) is 30.7 Å². The molecule has 1 saturated carbocycles. The van der Waals surface area contributed by atoms with E-state index >= 15 is 0 Å². The van der Waals surface area contributed by atoms with Crippen molar-refractivity contribution >= 4 is 34.3 Å². The van der Waals surface area contributed by atoms with Gasteiger partial charge in [-0.15, -0.1) is 0 Å². The first-order chi connectivity index (χ1) is 16.3. The van der Waals surface area contributed by atoms with Gasteiger partial charge < -0.3 is 20.4 Å². The molecule has 3 N–H and O–H groups in total. The molecule has 176 valence electrons. The minimum atomic E-state index is -2.79. The summed E-state index contributed by atoms with van der Waals surface area (Å²) in [5.41, 5.74) is 4.09. The Hall–Kier alpha value is -4.02. The number of aromatic nitrogens is 5. The highest BCUT2D eigenvalue weighted by atomic mass is 19.3. The Kier molecular flexibility index (Phi) is 5.39. The number of methoxy groups -OCH3 is 1. The smallest absolute Gasteiger partial charge is 0.295 e. The van der Waals surface area contributed by atoms with E-state index in [1.165, 1.54) is 0 Å². The van der Waals surface area contributed by atoms with Crippen molar-refractivity contribution in [2.75, 3.05) is 17.7 Å². The highest BCUT2D eigenvalue weighted by Crippen LogP contribution is 2.36. The summed E-state index contributed by atoms with van der Waals surface area (Å²) < 4.78 is 33.9. The van der Waals surface area contributed by atoms with Crippen LogP contribution in [0.15, 0.2) is 30.5 Å². The number of aromatic amines is 1. The van der Waals surface area contributed by atoms with Gasteiger partial charge in [0.25, 0.3) is 6.43 Å². The number of pyridine rings is 1. The maximum absolute atomic E-state index is 13.3. The molecule has 1 aliphatic carbocycles. The number of hydrogen-bond donors (Lipinski definition) is 3. The standard InChI is InChI=1S/C23H23F2N7O2/c1-11-10-32(2)31-18(11)13-6-7-14(16(8-13)34-3)26-15-9-17(28-23(33)12-4-5-12)27-21-19(15)29-22(30-21)20(24)25/h6-10,12,20H,4-5H2,1-3H3,(H3,26,27,28,29,30,33). The second-order valence-electron chi connectivity index (χ2n) is 8.31. The van der Waals surface area contributed by atoms with Gasteiger partial charge in [0, 0.05) is 30.8 Å². The number of halogens is 2. The molecule has 1 fully saturated rings. The van der Waals surface area contributed by atoms with Crippen LogP contribution >= 0.6 is 0 Å². The monoisotopic (exact) mass is 467 g/mol. The third-order valence-electron chi connectivity index (χ3n) is 5.63. The number of nitrogens with one attached hydrogen (secondary N) is 3. The largest absolute Gasteiger partial charge is 0.495 e. The number of alkyl halides is 2. The predicted octanol–water partition coefficient (Wildman–Crippen LogP) is 4.71. The zero-order valence-electron chi connectivity index (χ0n) is 18.8. The Morgan fingerprint density at radius 1 is 1.24 bits per heavy atom. The summed E-state index contributed by atoms with van der Waals surface area (Å²) >= 11 is 0. The third kappa shape index (κ3) is 4.16. The molecule has 11 heteroatoms. The van der Waals surface area contributed by atoms with E-state index < -0.39 is 12.2 Å². The van der Waals surface area contributed by atoms with Crippen LogP contribution in [0.2, 0.25) is 0 Å². The minimum absolute atomic E-state index is 0.0324. The van der Waals surface area contributed by atoms with Crippen molar-refractivity contribution in [2.45, 2.75) is 26.2 Å². The predicted molar refractivity (Wildman–Crippen MR) is 123 cm³/mol. The Bertz CT molecular complexity index is 1390. The van der Waals surface area contributed by atoms with Crippen LogP contribution in [0.1, 0.15) is 30.7 Å². The molecule has 4 aromatic rings. The van der Waals surface area contributed by atoms with E-state index in [4.69, 9.17) is 4.74 Å². The maximum atomic E-state index is 13.3. The summed E-state index contributed by atoms with van der Waals surface area (Å²) in [4.78, 5) is 23.1. The molecule has 0 spiro atoms. The van der Waals surface area contributed by atoms with E-state index in [1.54, 1.807) is 17.9 Å². The molecule has 0 radical (unpaired) electrons. The summed E-state index contributed by atoms with van der Waals surface area (Å²) in [5.74, 6) is 0.106. The molecular formula is C23H23F2N7O2. The third-order valence-corrected chi connectivity index (χ3v) is 5.63. The first-order valence-corrected chi connectivity index (χ1v) is 10.8. The summed E-state index contributed by atoms with van der Waals surface area (Å²) in [5, 5.41) is 10.5. The van der Waals surface area contributed by atoms with Crippen molar-refractivity contribution < 1.29 is 18.3 Å². The molecule has 3 aromatic heterocycles. The number of rotatable bonds is 7. The summed E-state index contributed by atoms with van der Waals surface area (Å²) in [6.07, 6.45) is 0.801. The van der Waals surface area contributed by atoms with Gasteiger partial charge in [0.1, 0.15) is 17.1 Å². The number of hydrogen-bond acceptors (Lipinski definition) is 6. The minimum Gasteiger partial charge on any atom is -0.495 e. The van der Waals surface area contributed by atoms with E-state index in [0.29, 0.717) is 17.1 Å². The Labute approximate surface area is 193 Å². The molecule has 34 heavy (non-hydrogen) atoms. The Balaban J connectivity index is 1.53. The van der Waals surface area contributed by atoms with Gasteiger partial charge in [0.15, 0.2) is 11.5 Å². The summed E-state index contributed by atoms with van der Waals surface area (Å²) in [6.45, 7) is 1.98. The fourth-order valence-corrected chi connectivity index (χ4v) is 3.82. The van der Waals surface area contributed by atoms with Crippen molar-refractivity contribution in [3.63, 3.8) is 0 Å². The average Bonchev–Trinajstić information content (AvgIpc) is 3.47.